The average Bonchev–Trinajstić information content (AvgIpc) is 2.64. The first kappa shape index (κ1) is 12.1. The van der Waals surface area contributed by atoms with Gasteiger partial charge in [-0.15, -0.1) is 0 Å². The van der Waals surface area contributed by atoms with Crippen LogP contribution in [-0.2, 0) is 12.8 Å². The van der Waals surface area contributed by atoms with Crippen molar-refractivity contribution in [2.24, 2.45) is 0 Å². The minimum Gasteiger partial charge on any atom is -0.448 e. The molecule has 0 radical (unpaired) electrons. The van der Waals surface area contributed by atoms with Crippen molar-refractivity contribution in [1.29, 1.82) is 0 Å². The molecule has 1 N–H and O–H groups in total. The van der Waals surface area contributed by atoms with Crippen LogP contribution in [0.4, 0.5) is 0 Å². The van der Waals surface area contributed by atoms with E-state index in [2.05, 4.69) is 4.98 Å². The van der Waals surface area contributed by atoms with Crippen LogP contribution in [0.3, 0.4) is 0 Å². The number of halogens is 1. The molecule has 0 amide bonds. The molecule has 1 aromatic carbocycles. The Morgan fingerprint density at radius 1 is 1.47 bits per heavy atom. The first-order valence-electron chi connectivity index (χ1n) is 5.49. The van der Waals surface area contributed by atoms with E-state index in [4.69, 9.17) is 16.0 Å². The van der Waals surface area contributed by atoms with Gasteiger partial charge in [-0.25, -0.2) is 4.98 Å². The van der Waals surface area contributed by atoms with Gasteiger partial charge in [0.1, 0.15) is 6.26 Å². The normalized spacial score (nSPS) is 12.6. The molecule has 0 fully saturated rings. The van der Waals surface area contributed by atoms with E-state index in [9.17, 15) is 5.11 Å². The van der Waals surface area contributed by atoms with Crippen molar-refractivity contribution in [2.45, 2.75) is 25.9 Å². The Hall–Kier alpha value is -1.32. The Morgan fingerprint density at radius 2 is 2.29 bits per heavy atom. The summed E-state index contributed by atoms with van der Waals surface area (Å²) >= 11 is 5.90. The van der Waals surface area contributed by atoms with Gasteiger partial charge in [0, 0.05) is 17.9 Å². The SMILES string of the molecule is CC(O)Cc1coc(Cc2cccc(Cl)c2)n1. The molecule has 1 atom stereocenters. The number of aromatic nitrogens is 1. The second-order valence-electron chi connectivity index (χ2n) is 4.09. The number of nitrogens with zero attached hydrogens (tertiary/aromatic N) is 1. The molecule has 1 unspecified atom stereocenters. The summed E-state index contributed by atoms with van der Waals surface area (Å²) in [6, 6.07) is 7.60. The van der Waals surface area contributed by atoms with Crippen LogP contribution in [0, 0.1) is 0 Å². The van der Waals surface area contributed by atoms with Gasteiger partial charge in [0.15, 0.2) is 5.89 Å². The van der Waals surface area contributed by atoms with Crippen molar-refractivity contribution in [3.05, 3.63) is 52.7 Å². The molecular weight excluding hydrogens is 238 g/mol. The fraction of sp³-hybridized carbons (Fsp3) is 0.308. The minimum absolute atomic E-state index is 0.404. The van der Waals surface area contributed by atoms with Gasteiger partial charge in [-0.1, -0.05) is 23.7 Å². The van der Waals surface area contributed by atoms with Gasteiger partial charge in [-0.3, -0.25) is 0 Å². The highest BCUT2D eigenvalue weighted by Crippen LogP contribution is 2.15. The van der Waals surface area contributed by atoms with Gasteiger partial charge in [0.25, 0.3) is 0 Å². The number of rotatable bonds is 4. The van der Waals surface area contributed by atoms with Crippen LogP contribution < -0.4 is 0 Å². The topological polar surface area (TPSA) is 46.3 Å². The van der Waals surface area contributed by atoms with E-state index in [0.717, 1.165) is 11.3 Å². The highest BCUT2D eigenvalue weighted by atomic mass is 35.5. The molecule has 17 heavy (non-hydrogen) atoms. The number of oxazole rings is 1. The van der Waals surface area contributed by atoms with Crippen molar-refractivity contribution >= 4 is 11.6 Å². The van der Waals surface area contributed by atoms with E-state index in [-0.39, 0.29) is 0 Å². The van der Waals surface area contributed by atoms with E-state index >= 15 is 0 Å². The molecule has 0 saturated heterocycles. The molecule has 1 aromatic heterocycles. The van der Waals surface area contributed by atoms with Crippen LogP contribution in [0.1, 0.15) is 24.1 Å². The molecule has 2 rings (SSSR count). The second kappa shape index (κ2) is 5.34. The van der Waals surface area contributed by atoms with Crippen molar-refractivity contribution < 1.29 is 9.52 Å². The van der Waals surface area contributed by atoms with E-state index in [1.165, 1.54) is 0 Å². The smallest absolute Gasteiger partial charge is 0.198 e. The van der Waals surface area contributed by atoms with Crippen LogP contribution in [-0.4, -0.2) is 16.2 Å². The third-order valence-corrected chi connectivity index (χ3v) is 2.58. The maximum Gasteiger partial charge on any atom is 0.198 e. The lowest BCUT2D eigenvalue weighted by Gasteiger charge is -1.98. The predicted molar refractivity (Wildman–Crippen MR) is 66.1 cm³/mol. The lowest BCUT2D eigenvalue weighted by molar-refractivity contribution is 0.194. The van der Waals surface area contributed by atoms with Gasteiger partial charge in [0.2, 0.25) is 0 Å². The molecule has 0 bridgehead atoms. The van der Waals surface area contributed by atoms with Gasteiger partial charge >= 0.3 is 0 Å². The third kappa shape index (κ3) is 3.58. The first-order valence-corrected chi connectivity index (χ1v) is 5.87. The lowest BCUT2D eigenvalue weighted by Crippen LogP contribution is -2.04. The molecule has 90 valence electrons. The van der Waals surface area contributed by atoms with Gasteiger partial charge in [0.05, 0.1) is 11.8 Å². The summed E-state index contributed by atoms with van der Waals surface area (Å²) in [5.74, 6) is 0.642. The van der Waals surface area contributed by atoms with Crippen molar-refractivity contribution in [1.82, 2.24) is 4.98 Å². The molecule has 4 heteroatoms. The van der Waals surface area contributed by atoms with Gasteiger partial charge < -0.3 is 9.52 Å². The number of hydrogen-bond acceptors (Lipinski definition) is 3. The van der Waals surface area contributed by atoms with Crippen molar-refractivity contribution in [3.8, 4) is 0 Å². The van der Waals surface area contributed by atoms with Crippen LogP contribution >= 0.6 is 11.6 Å². The highest BCUT2D eigenvalue weighted by molar-refractivity contribution is 6.30. The number of hydrogen-bond donors (Lipinski definition) is 1. The summed E-state index contributed by atoms with van der Waals surface area (Å²) < 4.78 is 5.34. The minimum atomic E-state index is -0.404. The predicted octanol–water partition coefficient (Wildman–Crippen LogP) is 2.84. The van der Waals surface area contributed by atoms with Crippen LogP contribution in [0.5, 0.6) is 0 Å². The molecule has 1 heterocycles. The zero-order chi connectivity index (χ0) is 12.3. The summed E-state index contributed by atoms with van der Waals surface area (Å²) in [7, 11) is 0. The van der Waals surface area contributed by atoms with E-state index < -0.39 is 6.10 Å². The fourth-order valence-corrected chi connectivity index (χ4v) is 1.86. The zero-order valence-electron chi connectivity index (χ0n) is 9.56. The largest absolute Gasteiger partial charge is 0.448 e. The Morgan fingerprint density at radius 3 is 3.00 bits per heavy atom. The van der Waals surface area contributed by atoms with Crippen LogP contribution in [0.2, 0.25) is 5.02 Å². The number of benzene rings is 1. The summed E-state index contributed by atoms with van der Waals surface area (Å²) in [6.45, 7) is 1.73. The molecule has 0 aliphatic heterocycles. The standard InChI is InChI=1S/C13H14ClNO2/c1-9(16)5-12-8-17-13(15-12)7-10-3-2-4-11(14)6-10/h2-4,6,8-9,16H,5,7H2,1H3. The lowest BCUT2D eigenvalue weighted by atomic mass is 10.1. The second-order valence-corrected chi connectivity index (χ2v) is 4.53. The molecule has 0 aliphatic carbocycles. The van der Waals surface area contributed by atoms with Gasteiger partial charge in [-0.05, 0) is 24.6 Å². The monoisotopic (exact) mass is 251 g/mol. The Balaban J connectivity index is 2.06. The molecule has 3 nitrogen and oxygen atoms in total. The highest BCUT2D eigenvalue weighted by Gasteiger charge is 2.07. The summed E-state index contributed by atoms with van der Waals surface area (Å²) in [4.78, 5) is 4.31. The average molecular weight is 252 g/mol. The first-order chi connectivity index (χ1) is 8.13. The maximum absolute atomic E-state index is 9.24. The van der Waals surface area contributed by atoms with Crippen LogP contribution in [0.15, 0.2) is 34.9 Å². The summed E-state index contributed by atoms with van der Waals surface area (Å²) in [6.07, 6.45) is 2.31. The molecular formula is C13H14ClNO2. The quantitative estimate of drug-likeness (QED) is 0.909. The van der Waals surface area contributed by atoms with Gasteiger partial charge in [-0.2, -0.15) is 0 Å². The van der Waals surface area contributed by atoms with E-state index in [1.54, 1.807) is 13.2 Å². The molecule has 0 saturated carbocycles. The molecule has 2 aromatic rings. The summed E-state index contributed by atoms with van der Waals surface area (Å²) in [5, 5.41) is 9.95. The molecule has 0 spiro atoms. The van der Waals surface area contributed by atoms with Crippen molar-refractivity contribution in [2.75, 3.05) is 0 Å². The maximum atomic E-state index is 9.24. The fourth-order valence-electron chi connectivity index (χ4n) is 1.65. The summed E-state index contributed by atoms with van der Waals surface area (Å²) in [5.41, 5.74) is 1.83. The van der Waals surface area contributed by atoms with Crippen molar-refractivity contribution in [3.63, 3.8) is 0 Å². The van der Waals surface area contributed by atoms with E-state index in [0.29, 0.717) is 23.8 Å². The molecule has 0 aliphatic rings. The van der Waals surface area contributed by atoms with E-state index in [1.807, 2.05) is 24.3 Å². The zero-order valence-corrected chi connectivity index (χ0v) is 10.3. The Labute approximate surface area is 105 Å². The third-order valence-electron chi connectivity index (χ3n) is 2.35. The van der Waals surface area contributed by atoms with Crippen LogP contribution in [0.25, 0.3) is 0 Å². The Kier molecular flexibility index (Phi) is 3.82. The Bertz CT molecular complexity index is 494. The number of aliphatic hydroxyl groups excluding tert-OH is 1. The number of aliphatic hydroxyl groups is 1.